The summed E-state index contributed by atoms with van der Waals surface area (Å²) in [5.74, 6) is -0.0217. The Balaban J connectivity index is 2.49. The van der Waals surface area contributed by atoms with E-state index >= 15 is 0 Å². The standard InChI is InChI=1S/C14H15N5O/c1-9(2)14-13(8-15)17-18-19(14)12-6-4-5-11(7-12)16-10(3)20/h4-7,9H,1-3H3,(H,16,20). The monoisotopic (exact) mass is 269 g/mol. The van der Waals surface area contributed by atoms with Gasteiger partial charge in [-0.15, -0.1) is 5.10 Å². The highest BCUT2D eigenvalue weighted by molar-refractivity contribution is 5.88. The van der Waals surface area contributed by atoms with E-state index in [0.29, 0.717) is 11.4 Å². The molecule has 0 aliphatic carbocycles. The zero-order valence-corrected chi connectivity index (χ0v) is 11.6. The number of hydrogen-bond acceptors (Lipinski definition) is 4. The molecule has 2 rings (SSSR count). The molecular weight excluding hydrogens is 254 g/mol. The lowest BCUT2D eigenvalue weighted by Crippen LogP contribution is -2.08. The van der Waals surface area contributed by atoms with E-state index in [2.05, 4.69) is 15.6 Å². The smallest absolute Gasteiger partial charge is 0.221 e. The van der Waals surface area contributed by atoms with E-state index in [0.717, 1.165) is 11.4 Å². The summed E-state index contributed by atoms with van der Waals surface area (Å²) in [6.45, 7) is 5.41. The fraction of sp³-hybridized carbons (Fsp3) is 0.286. The van der Waals surface area contributed by atoms with Crippen LogP contribution in [-0.4, -0.2) is 20.9 Å². The van der Waals surface area contributed by atoms with Gasteiger partial charge in [-0.3, -0.25) is 4.79 Å². The number of carbonyl (C=O) groups is 1. The van der Waals surface area contributed by atoms with E-state index < -0.39 is 0 Å². The van der Waals surface area contributed by atoms with Crippen molar-refractivity contribution in [1.29, 1.82) is 5.26 Å². The average Bonchev–Trinajstić information content (AvgIpc) is 2.82. The van der Waals surface area contributed by atoms with Crippen molar-refractivity contribution in [2.24, 2.45) is 0 Å². The topological polar surface area (TPSA) is 83.6 Å². The lowest BCUT2D eigenvalue weighted by molar-refractivity contribution is -0.114. The molecule has 6 heteroatoms. The van der Waals surface area contributed by atoms with Crippen LogP contribution in [-0.2, 0) is 4.79 Å². The van der Waals surface area contributed by atoms with Crippen LogP contribution in [0, 0.1) is 11.3 Å². The number of carbonyl (C=O) groups excluding carboxylic acids is 1. The number of nitriles is 1. The molecule has 0 saturated carbocycles. The lowest BCUT2D eigenvalue weighted by Gasteiger charge is -2.10. The van der Waals surface area contributed by atoms with Crippen LogP contribution in [0.5, 0.6) is 0 Å². The first kappa shape index (κ1) is 13.7. The van der Waals surface area contributed by atoms with Crippen molar-refractivity contribution in [2.45, 2.75) is 26.7 Å². The van der Waals surface area contributed by atoms with Crippen LogP contribution in [0.25, 0.3) is 5.69 Å². The summed E-state index contributed by atoms with van der Waals surface area (Å²) < 4.78 is 1.63. The highest BCUT2D eigenvalue weighted by Crippen LogP contribution is 2.22. The lowest BCUT2D eigenvalue weighted by atomic mass is 10.1. The molecular formula is C14H15N5O. The fourth-order valence-corrected chi connectivity index (χ4v) is 2.00. The summed E-state index contributed by atoms with van der Waals surface area (Å²) in [4.78, 5) is 11.1. The molecule has 0 aliphatic rings. The first-order valence-corrected chi connectivity index (χ1v) is 6.26. The maximum Gasteiger partial charge on any atom is 0.221 e. The molecule has 1 heterocycles. The van der Waals surface area contributed by atoms with Crippen LogP contribution in [0.15, 0.2) is 24.3 Å². The Kier molecular flexibility index (Phi) is 3.80. The largest absolute Gasteiger partial charge is 0.326 e. The molecule has 1 aromatic heterocycles. The van der Waals surface area contributed by atoms with Crippen molar-refractivity contribution < 1.29 is 4.79 Å². The molecule has 0 aliphatic heterocycles. The number of nitrogens with zero attached hydrogens (tertiary/aromatic N) is 4. The summed E-state index contributed by atoms with van der Waals surface area (Å²) in [6, 6.07) is 9.31. The van der Waals surface area contributed by atoms with Gasteiger partial charge in [-0.1, -0.05) is 25.1 Å². The van der Waals surface area contributed by atoms with Gasteiger partial charge in [0.1, 0.15) is 6.07 Å². The molecule has 1 amide bonds. The van der Waals surface area contributed by atoms with Gasteiger partial charge in [-0.2, -0.15) is 5.26 Å². The number of nitrogens with one attached hydrogen (secondary N) is 1. The number of rotatable bonds is 3. The Bertz CT molecular complexity index is 681. The minimum atomic E-state index is -0.137. The van der Waals surface area contributed by atoms with Gasteiger partial charge in [0.05, 0.1) is 11.4 Å². The number of aromatic nitrogens is 3. The molecule has 0 saturated heterocycles. The van der Waals surface area contributed by atoms with Crippen molar-refractivity contribution in [3.05, 3.63) is 35.7 Å². The molecule has 6 nitrogen and oxygen atoms in total. The van der Waals surface area contributed by atoms with Crippen LogP contribution in [0.1, 0.15) is 38.1 Å². The van der Waals surface area contributed by atoms with Crippen molar-refractivity contribution in [3.8, 4) is 11.8 Å². The van der Waals surface area contributed by atoms with Gasteiger partial charge in [0.2, 0.25) is 5.91 Å². The molecule has 2 aromatic rings. The number of benzene rings is 1. The molecule has 1 N–H and O–H groups in total. The average molecular weight is 269 g/mol. The van der Waals surface area contributed by atoms with Gasteiger partial charge in [-0.05, 0) is 24.1 Å². The fourth-order valence-electron chi connectivity index (χ4n) is 2.00. The van der Waals surface area contributed by atoms with Gasteiger partial charge >= 0.3 is 0 Å². The molecule has 0 radical (unpaired) electrons. The van der Waals surface area contributed by atoms with Crippen molar-refractivity contribution in [1.82, 2.24) is 15.0 Å². The third-order valence-corrected chi connectivity index (χ3v) is 2.77. The van der Waals surface area contributed by atoms with E-state index in [1.807, 2.05) is 32.0 Å². The second-order valence-electron chi connectivity index (χ2n) is 4.73. The normalized spacial score (nSPS) is 10.3. The van der Waals surface area contributed by atoms with Gasteiger partial charge in [0.15, 0.2) is 5.69 Å². The Morgan fingerprint density at radius 2 is 2.20 bits per heavy atom. The highest BCUT2D eigenvalue weighted by Gasteiger charge is 2.17. The zero-order valence-electron chi connectivity index (χ0n) is 11.6. The maximum atomic E-state index is 11.1. The summed E-state index contributed by atoms with van der Waals surface area (Å²) >= 11 is 0. The van der Waals surface area contributed by atoms with Crippen molar-refractivity contribution in [3.63, 3.8) is 0 Å². The molecule has 0 spiro atoms. The third kappa shape index (κ3) is 2.67. The zero-order chi connectivity index (χ0) is 14.7. The summed E-state index contributed by atoms with van der Waals surface area (Å²) in [5, 5.41) is 19.7. The minimum absolute atomic E-state index is 0.115. The van der Waals surface area contributed by atoms with Crippen LogP contribution in [0.2, 0.25) is 0 Å². The van der Waals surface area contributed by atoms with Crippen LogP contribution in [0.3, 0.4) is 0 Å². The summed E-state index contributed by atoms with van der Waals surface area (Å²) in [7, 11) is 0. The molecule has 1 aromatic carbocycles. The van der Waals surface area contributed by atoms with Crippen molar-refractivity contribution in [2.75, 3.05) is 5.32 Å². The molecule has 0 fully saturated rings. The molecule has 0 atom stereocenters. The van der Waals surface area contributed by atoms with E-state index in [1.165, 1.54) is 6.92 Å². The highest BCUT2D eigenvalue weighted by atomic mass is 16.1. The number of amides is 1. The minimum Gasteiger partial charge on any atom is -0.326 e. The quantitative estimate of drug-likeness (QED) is 0.926. The van der Waals surface area contributed by atoms with E-state index in [-0.39, 0.29) is 11.8 Å². The van der Waals surface area contributed by atoms with Gasteiger partial charge in [0, 0.05) is 12.6 Å². The van der Waals surface area contributed by atoms with E-state index in [1.54, 1.807) is 16.8 Å². The Morgan fingerprint density at radius 3 is 2.80 bits per heavy atom. The van der Waals surface area contributed by atoms with Crippen LogP contribution < -0.4 is 5.32 Å². The Labute approximate surface area is 117 Å². The molecule has 102 valence electrons. The second kappa shape index (κ2) is 5.53. The SMILES string of the molecule is CC(=O)Nc1cccc(-n2nnc(C#N)c2C(C)C)c1. The predicted octanol–water partition coefficient (Wildman–Crippen LogP) is 2.22. The second-order valence-corrected chi connectivity index (χ2v) is 4.73. The summed E-state index contributed by atoms with van der Waals surface area (Å²) in [6.07, 6.45) is 0. The van der Waals surface area contributed by atoms with Crippen LogP contribution in [0.4, 0.5) is 5.69 Å². The van der Waals surface area contributed by atoms with Gasteiger partial charge < -0.3 is 5.32 Å². The van der Waals surface area contributed by atoms with E-state index in [9.17, 15) is 4.79 Å². The number of hydrogen-bond donors (Lipinski definition) is 1. The first-order chi connectivity index (χ1) is 9.52. The van der Waals surface area contributed by atoms with Crippen LogP contribution >= 0.6 is 0 Å². The number of anilines is 1. The van der Waals surface area contributed by atoms with E-state index in [4.69, 9.17) is 5.26 Å². The molecule has 20 heavy (non-hydrogen) atoms. The first-order valence-electron chi connectivity index (χ1n) is 6.26. The van der Waals surface area contributed by atoms with Gasteiger partial charge in [-0.25, -0.2) is 4.68 Å². The molecule has 0 unspecified atom stereocenters. The summed E-state index contributed by atoms with van der Waals surface area (Å²) in [5.41, 5.74) is 2.52. The van der Waals surface area contributed by atoms with Gasteiger partial charge in [0.25, 0.3) is 0 Å². The molecule has 0 bridgehead atoms. The predicted molar refractivity (Wildman–Crippen MR) is 74.5 cm³/mol. The Hall–Kier alpha value is -2.68. The third-order valence-electron chi connectivity index (χ3n) is 2.77. The van der Waals surface area contributed by atoms with Crippen molar-refractivity contribution >= 4 is 11.6 Å². The Morgan fingerprint density at radius 1 is 1.45 bits per heavy atom. The maximum absolute atomic E-state index is 11.1.